The Bertz CT molecular complexity index is 876. The number of hydrogen-bond acceptors (Lipinski definition) is 4. The Hall–Kier alpha value is -3.15. The summed E-state index contributed by atoms with van der Waals surface area (Å²) in [6.45, 7) is 0.290. The number of aromatic nitrogens is 1. The lowest BCUT2D eigenvalue weighted by atomic mass is 10.1. The van der Waals surface area contributed by atoms with Gasteiger partial charge in [-0.2, -0.15) is 0 Å². The minimum Gasteiger partial charge on any atom is -0.496 e. The zero-order chi connectivity index (χ0) is 17.6. The van der Waals surface area contributed by atoms with Crippen LogP contribution in [0.1, 0.15) is 16.1 Å². The van der Waals surface area contributed by atoms with Crippen molar-refractivity contribution in [3.63, 3.8) is 0 Å². The predicted octanol–water partition coefficient (Wildman–Crippen LogP) is 3.46. The van der Waals surface area contributed by atoms with Crippen molar-refractivity contribution < 1.29 is 18.3 Å². The maximum absolute atomic E-state index is 13.6. The van der Waals surface area contributed by atoms with Gasteiger partial charge in [-0.05, 0) is 30.2 Å². The molecule has 1 N–H and O–H groups in total. The summed E-state index contributed by atoms with van der Waals surface area (Å²) in [5.74, 6) is 0.249. The molecule has 3 rings (SSSR count). The fourth-order valence-corrected chi connectivity index (χ4v) is 2.53. The largest absolute Gasteiger partial charge is 0.496 e. The molecule has 0 atom stereocenters. The van der Waals surface area contributed by atoms with Crippen molar-refractivity contribution in [1.29, 1.82) is 0 Å². The maximum atomic E-state index is 13.6. The van der Waals surface area contributed by atoms with Gasteiger partial charge in [-0.1, -0.05) is 30.3 Å². The molecule has 0 aliphatic carbocycles. The van der Waals surface area contributed by atoms with E-state index >= 15 is 0 Å². The third-order valence-corrected chi connectivity index (χ3v) is 3.77. The number of carbonyl (C=O) groups is 1. The average molecular weight is 340 g/mol. The van der Waals surface area contributed by atoms with Gasteiger partial charge in [-0.15, -0.1) is 0 Å². The molecule has 25 heavy (non-hydrogen) atoms. The van der Waals surface area contributed by atoms with E-state index in [1.807, 2.05) is 12.1 Å². The highest BCUT2D eigenvalue weighted by Crippen LogP contribution is 2.31. The van der Waals surface area contributed by atoms with Gasteiger partial charge in [0, 0.05) is 6.54 Å². The third kappa shape index (κ3) is 3.68. The van der Waals surface area contributed by atoms with Crippen LogP contribution in [-0.4, -0.2) is 24.5 Å². The highest BCUT2D eigenvalue weighted by Gasteiger charge is 2.20. The predicted molar refractivity (Wildman–Crippen MR) is 90.9 cm³/mol. The van der Waals surface area contributed by atoms with Crippen LogP contribution >= 0.6 is 0 Å². The van der Waals surface area contributed by atoms with Gasteiger partial charge in [-0.3, -0.25) is 4.79 Å². The van der Waals surface area contributed by atoms with Crippen molar-refractivity contribution in [3.8, 4) is 17.1 Å². The number of halogens is 1. The fourth-order valence-electron chi connectivity index (χ4n) is 2.53. The molecule has 5 nitrogen and oxygen atoms in total. The minimum absolute atomic E-state index is 0.165. The number of para-hydroxylation sites is 1. The van der Waals surface area contributed by atoms with Crippen LogP contribution in [0.5, 0.6) is 5.75 Å². The molecule has 0 aliphatic heterocycles. The first-order valence-electron chi connectivity index (χ1n) is 7.79. The molecule has 1 aromatic heterocycles. The van der Waals surface area contributed by atoms with Crippen molar-refractivity contribution in [3.05, 3.63) is 72.0 Å². The number of carbonyl (C=O) groups excluding carboxylic acids is 1. The highest BCUT2D eigenvalue weighted by molar-refractivity contribution is 5.98. The monoisotopic (exact) mass is 340 g/mol. The van der Waals surface area contributed by atoms with Crippen molar-refractivity contribution in [2.75, 3.05) is 13.7 Å². The normalized spacial score (nSPS) is 10.5. The zero-order valence-electron chi connectivity index (χ0n) is 13.7. The SMILES string of the molecule is COc1ccccc1-c1ocnc1C(=O)NCCc1ccccc1F. The average Bonchev–Trinajstić information content (AvgIpc) is 3.13. The molecular formula is C19H17FN2O3. The summed E-state index contributed by atoms with van der Waals surface area (Å²) in [7, 11) is 1.54. The summed E-state index contributed by atoms with van der Waals surface area (Å²) in [6.07, 6.45) is 1.60. The van der Waals surface area contributed by atoms with E-state index in [2.05, 4.69) is 10.3 Å². The van der Waals surface area contributed by atoms with Gasteiger partial charge in [0.2, 0.25) is 0 Å². The second-order valence-electron chi connectivity index (χ2n) is 5.33. The van der Waals surface area contributed by atoms with Crippen LogP contribution in [0.2, 0.25) is 0 Å². The third-order valence-electron chi connectivity index (χ3n) is 3.77. The summed E-state index contributed by atoms with van der Waals surface area (Å²) in [6, 6.07) is 13.7. The number of amides is 1. The zero-order valence-corrected chi connectivity index (χ0v) is 13.7. The fraction of sp³-hybridized carbons (Fsp3) is 0.158. The van der Waals surface area contributed by atoms with E-state index in [-0.39, 0.29) is 24.0 Å². The number of methoxy groups -OCH3 is 1. The van der Waals surface area contributed by atoms with E-state index in [0.717, 1.165) is 0 Å². The molecule has 128 valence electrons. The quantitative estimate of drug-likeness (QED) is 0.746. The topological polar surface area (TPSA) is 64.4 Å². The van der Waals surface area contributed by atoms with Crippen LogP contribution < -0.4 is 10.1 Å². The molecular weight excluding hydrogens is 323 g/mol. The Morgan fingerprint density at radius 2 is 1.96 bits per heavy atom. The molecule has 0 saturated heterocycles. The summed E-state index contributed by atoms with van der Waals surface area (Å²) in [5, 5.41) is 2.74. The summed E-state index contributed by atoms with van der Waals surface area (Å²) < 4.78 is 24.3. The van der Waals surface area contributed by atoms with Gasteiger partial charge in [0.15, 0.2) is 17.8 Å². The van der Waals surface area contributed by atoms with Crippen molar-refractivity contribution >= 4 is 5.91 Å². The smallest absolute Gasteiger partial charge is 0.273 e. The van der Waals surface area contributed by atoms with E-state index in [0.29, 0.717) is 29.1 Å². The lowest BCUT2D eigenvalue weighted by molar-refractivity contribution is 0.0950. The summed E-state index contributed by atoms with van der Waals surface area (Å²) in [4.78, 5) is 16.4. The number of nitrogens with one attached hydrogen (secondary N) is 1. The molecule has 1 heterocycles. The minimum atomic E-state index is -0.383. The van der Waals surface area contributed by atoms with Crippen LogP contribution in [-0.2, 0) is 6.42 Å². The first kappa shape index (κ1) is 16.7. The number of rotatable bonds is 6. The van der Waals surface area contributed by atoms with E-state index in [1.165, 1.54) is 12.5 Å². The molecule has 0 spiro atoms. The second kappa shape index (κ2) is 7.61. The molecule has 2 aromatic carbocycles. The Morgan fingerprint density at radius 3 is 2.76 bits per heavy atom. The number of nitrogens with zero attached hydrogens (tertiary/aromatic N) is 1. The van der Waals surface area contributed by atoms with E-state index < -0.39 is 0 Å². The van der Waals surface area contributed by atoms with Gasteiger partial charge in [-0.25, -0.2) is 9.37 Å². The first-order chi connectivity index (χ1) is 12.2. The second-order valence-corrected chi connectivity index (χ2v) is 5.33. The Balaban J connectivity index is 1.72. The van der Waals surface area contributed by atoms with Gasteiger partial charge in [0.25, 0.3) is 5.91 Å². The van der Waals surface area contributed by atoms with E-state index in [1.54, 1.807) is 37.4 Å². The molecule has 0 radical (unpaired) electrons. The molecule has 0 bridgehead atoms. The van der Waals surface area contributed by atoms with Gasteiger partial charge >= 0.3 is 0 Å². The van der Waals surface area contributed by atoms with Gasteiger partial charge in [0.05, 0.1) is 12.7 Å². The highest BCUT2D eigenvalue weighted by atomic mass is 19.1. The van der Waals surface area contributed by atoms with E-state index in [4.69, 9.17) is 9.15 Å². The Morgan fingerprint density at radius 1 is 1.20 bits per heavy atom. The van der Waals surface area contributed by atoms with Crippen LogP contribution in [0, 0.1) is 5.82 Å². The van der Waals surface area contributed by atoms with E-state index in [9.17, 15) is 9.18 Å². The van der Waals surface area contributed by atoms with Crippen LogP contribution in [0.4, 0.5) is 4.39 Å². The first-order valence-corrected chi connectivity index (χ1v) is 7.79. The lowest BCUT2D eigenvalue weighted by Gasteiger charge is -2.08. The molecule has 0 unspecified atom stereocenters. The molecule has 0 aliphatic rings. The Kier molecular flexibility index (Phi) is 5.09. The van der Waals surface area contributed by atoms with Gasteiger partial charge < -0.3 is 14.5 Å². The summed E-state index contributed by atoms with van der Waals surface area (Å²) in [5.41, 5.74) is 1.35. The van der Waals surface area contributed by atoms with Crippen molar-refractivity contribution in [1.82, 2.24) is 10.3 Å². The molecule has 1 amide bonds. The van der Waals surface area contributed by atoms with Gasteiger partial charge in [0.1, 0.15) is 11.6 Å². The standard InChI is InChI=1S/C19H17FN2O3/c1-24-16-9-5-3-7-14(16)18-17(22-12-25-18)19(23)21-11-10-13-6-2-4-8-15(13)20/h2-9,12H,10-11H2,1H3,(H,21,23). The molecule has 0 fully saturated rings. The number of benzene rings is 2. The molecule has 0 saturated carbocycles. The molecule has 6 heteroatoms. The number of ether oxygens (including phenoxy) is 1. The number of hydrogen-bond donors (Lipinski definition) is 1. The molecule has 3 aromatic rings. The maximum Gasteiger partial charge on any atom is 0.273 e. The Labute approximate surface area is 144 Å². The van der Waals surface area contributed by atoms with Crippen molar-refractivity contribution in [2.45, 2.75) is 6.42 Å². The summed E-state index contributed by atoms with van der Waals surface area (Å²) >= 11 is 0. The van der Waals surface area contributed by atoms with Crippen LogP contribution in [0.3, 0.4) is 0 Å². The van der Waals surface area contributed by atoms with Crippen LogP contribution in [0.15, 0.2) is 59.3 Å². The van der Waals surface area contributed by atoms with Crippen LogP contribution in [0.25, 0.3) is 11.3 Å². The number of oxazole rings is 1. The van der Waals surface area contributed by atoms with Crippen molar-refractivity contribution in [2.24, 2.45) is 0 Å². The lowest BCUT2D eigenvalue weighted by Crippen LogP contribution is -2.26.